The fourth-order valence-corrected chi connectivity index (χ4v) is 3.33. The van der Waals surface area contributed by atoms with Crippen LogP contribution in [0.5, 0.6) is 17.2 Å². The van der Waals surface area contributed by atoms with Crippen LogP contribution in [0.4, 0.5) is 5.13 Å². The summed E-state index contributed by atoms with van der Waals surface area (Å²) < 4.78 is 16.9. The Morgan fingerprint density at radius 2 is 1.82 bits per heavy atom. The van der Waals surface area contributed by atoms with Gasteiger partial charge in [0.25, 0.3) is 5.91 Å². The summed E-state index contributed by atoms with van der Waals surface area (Å²) in [6.07, 6.45) is 1.48. The molecule has 3 aromatic rings. The van der Waals surface area contributed by atoms with Crippen LogP contribution in [0.2, 0.25) is 0 Å². The third-order valence-corrected chi connectivity index (χ3v) is 4.82. The average molecular weight is 400 g/mol. The second-order valence-electron chi connectivity index (χ2n) is 5.58. The van der Waals surface area contributed by atoms with Gasteiger partial charge in [0.2, 0.25) is 0 Å². The number of methoxy groups -OCH3 is 3. The Balaban J connectivity index is 1.60. The number of amides is 1. The predicted octanol–water partition coefficient (Wildman–Crippen LogP) is 2.88. The van der Waals surface area contributed by atoms with Crippen LogP contribution in [-0.4, -0.2) is 45.0 Å². The molecule has 0 saturated heterocycles. The summed E-state index contributed by atoms with van der Waals surface area (Å²) in [4.78, 5) is 16.4. The lowest BCUT2D eigenvalue weighted by Gasteiger charge is -2.11. The first-order valence-corrected chi connectivity index (χ1v) is 9.17. The molecule has 8 nitrogen and oxygen atoms in total. The first-order chi connectivity index (χ1) is 13.6. The van der Waals surface area contributed by atoms with Crippen molar-refractivity contribution in [2.75, 3.05) is 33.2 Å². The van der Waals surface area contributed by atoms with E-state index in [0.29, 0.717) is 27.9 Å². The molecule has 0 radical (unpaired) electrons. The molecule has 0 spiro atoms. The van der Waals surface area contributed by atoms with Crippen LogP contribution in [0.3, 0.4) is 0 Å². The molecule has 0 saturated carbocycles. The number of anilines is 1. The lowest BCUT2D eigenvalue weighted by atomic mass is 10.2. The second-order valence-corrected chi connectivity index (χ2v) is 6.61. The number of aromatic nitrogens is 1. The number of hydrazone groups is 1. The molecule has 3 rings (SSSR count). The zero-order chi connectivity index (χ0) is 19.9. The lowest BCUT2D eigenvalue weighted by Crippen LogP contribution is -2.25. The quantitative estimate of drug-likeness (QED) is 0.446. The average Bonchev–Trinajstić information content (AvgIpc) is 3.14. The maximum atomic E-state index is 12.0. The van der Waals surface area contributed by atoms with Crippen LogP contribution in [0, 0.1) is 0 Å². The first-order valence-electron chi connectivity index (χ1n) is 8.36. The fourth-order valence-electron chi connectivity index (χ4n) is 2.47. The van der Waals surface area contributed by atoms with E-state index in [2.05, 4.69) is 20.8 Å². The van der Waals surface area contributed by atoms with Gasteiger partial charge in [0.15, 0.2) is 16.6 Å². The normalized spacial score (nSPS) is 10.8. The molecule has 2 aromatic carbocycles. The molecular formula is C19H20N4O4S. The zero-order valence-corrected chi connectivity index (χ0v) is 16.5. The van der Waals surface area contributed by atoms with Gasteiger partial charge in [-0.25, -0.2) is 10.4 Å². The molecule has 0 bridgehead atoms. The Morgan fingerprint density at radius 1 is 1.11 bits per heavy atom. The molecule has 0 aliphatic rings. The van der Waals surface area contributed by atoms with Gasteiger partial charge in [0, 0.05) is 11.6 Å². The number of para-hydroxylation sites is 1. The fraction of sp³-hybridized carbons (Fsp3) is 0.211. The molecule has 2 N–H and O–H groups in total. The van der Waals surface area contributed by atoms with Crippen LogP contribution in [0.1, 0.15) is 5.56 Å². The van der Waals surface area contributed by atoms with E-state index >= 15 is 0 Å². The summed E-state index contributed by atoms with van der Waals surface area (Å²) in [6.45, 7) is 0.0558. The van der Waals surface area contributed by atoms with E-state index in [1.54, 1.807) is 33.5 Å². The third kappa shape index (κ3) is 4.49. The van der Waals surface area contributed by atoms with E-state index in [1.807, 2.05) is 24.3 Å². The van der Waals surface area contributed by atoms with E-state index in [9.17, 15) is 4.79 Å². The smallest absolute Gasteiger partial charge is 0.259 e. The number of nitrogens with one attached hydrogen (secondary N) is 2. The molecule has 1 heterocycles. The summed E-state index contributed by atoms with van der Waals surface area (Å²) in [6, 6.07) is 11.2. The first kappa shape index (κ1) is 19.4. The minimum atomic E-state index is -0.296. The Kier molecular flexibility index (Phi) is 6.28. The number of benzene rings is 2. The molecule has 1 aromatic heterocycles. The maximum Gasteiger partial charge on any atom is 0.259 e. The van der Waals surface area contributed by atoms with Gasteiger partial charge in [0.05, 0.1) is 44.3 Å². The minimum Gasteiger partial charge on any atom is -0.496 e. The number of ether oxygens (including phenoxy) is 3. The van der Waals surface area contributed by atoms with Crippen LogP contribution >= 0.6 is 11.3 Å². The number of hydrogen-bond acceptors (Lipinski definition) is 8. The highest BCUT2D eigenvalue weighted by Gasteiger charge is 2.11. The number of nitrogens with zero attached hydrogens (tertiary/aromatic N) is 2. The number of carbonyl (C=O) groups is 1. The van der Waals surface area contributed by atoms with Crippen molar-refractivity contribution < 1.29 is 19.0 Å². The molecule has 0 aliphatic heterocycles. The molecule has 0 unspecified atom stereocenters. The van der Waals surface area contributed by atoms with Gasteiger partial charge < -0.3 is 19.5 Å². The standard InChI is InChI=1S/C19H20N4O4S/c1-25-14-9-16(27-3)15(26-2)8-12(14)10-21-23-18(24)11-20-19-22-13-6-4-5-7-17(13)28-19/h4-10H,11H2,1-3H3,(H,20,22)(H,23,24)/b21-10-. The predicted molar refractivity (Wildman–Crippen MR) is 110 cm³/mol. The highest BCUT2D eigenvalue weighted by atomic mass is 32.1. The van der Waals surface area contributed by atoms with Crippen molar-refractivity contribution in [1.82, 2.24) is 10.4 Å². The summed E-state index contributed by atoms with van der Waals surface area (Å²) in [5, 5.41) is 7.66. The van der Waals surface area contributed by atoms with Gasteiger partial charge in [-0.05, 0) is 18.2 Å². The van der Waals surface area contributed by atoms with Crippen molar-refractivity contribution in [1.29, 1.82) is 0 Å². The van der Waals surface area contributed by atoms with Crippen molar-refractivity contribution in [2.45, 2.75) is 0 Å². The number of thiazole rings is 1. The van der Waals surface area contributed by atoms with Gasteiger partial charge in [-0.15, -0.1) is 0 Å². The molecule has 9 heteroatoms. The number of carbonyl (C=O) groups excluding carboxylic acids is 1. The SMILES string of the molecule is COc1cc(OC)c(OC)cc1/C=N\NC(=O)CNc1nc2ccccc2s1. The summed E-state index contributed by atoms with van der Waals surface area (Å²) >= 11 is 1.49. The second kappa shape index (κ2) is 9.05. The maximum absolute atomic E-state index is 12.0. The van der Waals surface area contributed by atoms with Gasteiger partial charge in [0.1, 0.15) is 5.75 Å². The Bertz CT molecular complexity index is 970. The highest BCUT2D eigenvalue weighted by molar-refractivity contribution is 7.22. The van der Waals surface area contributed by atoms with E-state index < -0.39 is 0 Å². The van der Waals surface area contributed by atoms with Crippen LogP contribution in [-0.2, 0) is 4.79 Å². The molecular weight excluding hydrogens is 380 g/mol. The number of fused-ring (bicyclic) bond motifs is 1. The van der Waals surface area contributed by atoms with Crippen LogP contribution in [0.15, 0.2) is 41.5 Å². The molecule has 0 fully saturated rings. The van der Waals surface area contributed by atoms with Crippen LogP contribution in [0.25, 0.3) is 10.2 Å². The zero-order valence-electron chi connectivity index (χ0n) is 15.7. The molecule has 146 valence electrons. The van der Waals surface area contributed by atoms with Crippen LogP contribution < -0.4 is 25.0 Å². The summed E-state index contributed by atoms with van der Waals surface area (Å²) in [5.74, 6) is 1.33. The van der Waals surface area contributed by atoms with Crippen molar-refractivity contribution in [3.8, 4) is 17.2 Å². The van der Waals surface area contributed by atoms with E-state index in [4.69, 9.17) is 14.2 Å². The molecule has 0 aliphatic carbocycles. The monoisotopic (exact) mass is 400 g/mol. The summed E-state index contributed by atoms with van der Waals surface area (Å²) in [5.41, 5.74) is 4.01. The van der Waals surface area contributed by atoms with Gasteiger partial charge in [-0.3, -0.25) is 4.79 Å². The molecule has 28 heavy (non-hydrogen) atoms. The molecule has 1 amide bonds. The molecule has 0 atom stereocenters. The highest BCUT2D eigenvalue weighted by Crippen LogP contribution is 2.33. The number of hydrogen-bond donors (Lipinski definition) is 2. The number of rotatable bonds is 8. The lowest BCUT2D eigenvalue weighted by molar-refractivity contribution is -0.119. The van der Waals surface area contributed by atoms with Gasteiger partial charge in [-0.2, -0.15) is 5.10 Å². The van der Waals surface area contributed by atoms with E-state index in [0.717, 1.165) is 10.2 Å². The van der Waals surface area contributed by atoms with Gasteiger partial charge in [-0.1, -0.05) is 23.5 Å². The van der Waals surface area contributed by atoms with Gasteiger partial charge >= 0.3 is 0 Å². The van der Waals surface area contributed by atoms with E-state index in [1.165, 1.54) is 17.6 Å². The van der Waals surface area contributed by atoms with E-state index in [-0.39, 0.29) is 12.5 Å². The topological polar surface area (TPSA) is 94.1 Å². The summed E-state index contributed by atoms with van der Waals surface area (Å²) in [7, 11) is 4.63. The Hall–Kier alpha value is -3.33. The largest absolute Gasteiger partial charge is 0.496 e. The third-order valence-electron chi connectivity index (χ3n) is 3.82. The van der Waals surface area contributed by atoms with Crippen molar-refractivity contribution in [3.05, 3.63) is 42.0 Å². The van der Waals surface area contributed by atoms with Crippen molar-refractivity contribution in [3.63, 3.8) is 0 Å². The van der Waals surface area contributed by atoms with Crippen molar-refractivity contribution >= 4 is 38.8 Å². The van der Waals surface area contributed by atoms with Crippen molar-refractivity contribution in [2.24, 2.45) is 5.10 Å². The Morgan fingerprint density at radius 3 is 2.54 bits per heavy atom. The Labute approximate surface area is 166 Å². The minimum absolute atomic E-state index is 0.0558.